The Morgan fingerprint density at radius 3 is 1.39 bits per heavy atom. The highest BCUT2D eigenvalue weighted by Gasteiger charge is 2.58. The van der Waals surface area contributed by atoms with Crippen LogP contribution in [0.15, 0.2) is 103 Å². The van der Waals surface area contributed by atoms with Crippen molar-refractivity contribution in [3.8, 4) is 17.2 Å². The number of alkyl halides is 3. The van der Waals surface area contributed by atoms with Crippen molar-refractivity contribution in [3.63, 3.8) is 0 Å². The van der Waals surface area contributed by atoms with Crippen LogP contribution in [0.5, 0.6) is 17.2 Å². The molecule has 0 aliphatic heterocycles. The van der Waals surface area contributed by atoms with E-state index in [1.807, 2.05) is 34.6 Å². The zero-order valence-electron chi connectivity index (χ0n) is 31.2. The van der Waals surface area contributed by atoms with E-state index in [2.05, 4.69) is 20.8 Å². The van der Waals surface area contributed by atoms with Crippen LogP contribution in [0.25, 0.3) is 0 Å². The average Bonchev–Trinajstić information content (AvgIpc) is 3.02. The second kappa shape index (κ2) is 13.7. The fourth-order valence-corrected chi connectivity index (χ4v) is 7.36. The van der Waals surface area contributed by atoms with E-state index in [0.717, 1.165) is 16.7 Å². The molecule has 0 fully saturated rings. The summed E-state index contributed by atoms with van der Waals surface area (Å²) in [5, 5.41) is 0. The van der Waals surface area contributed by atoms with Crippen LogP contribution in [0, 0.1) is 27.7 Å². The lowest BCUT2D eigenvalue weighted by Gasteiger charge is -2.39. The molecule has 0 spiro atoms. The number of carbonyl (C=O) groups excluding carboxylic acids is 1. The smallest absolute Gasteiger partial charge is 0.406 e. The first-order valence-electron chi connectivity index (χ1n) is 17.2. The number of halogens is 3. The van der Waals surface area contributed by atoms with E-state index >= 15 is 13.2 Å². The van der Waals surface area contributed by atoms with Gasteiger partial charge in [0.1, 0.15) is 28.3 Å². The molecule has 0 N–H and O–H groups in total. The summed E-state index contributed by atoms with van der Waals surface area (Å²) in [7, 11) is 0. The van der Waals surface area contributed by atoms with Crippen molar-refractivity contribution < 1.29 is 27.4 Å². The molecule has 1 unspecified atom stereocenters. The van der Waals surface area contributed by atoms with Crippen LogP contribution in [0.1, 0.15) is 102 Å². The molecule has 266 valence electrons. The number of ketones is 1. The van der Waals surface area contributed by atoms with E-state index in [4.69, 9.17) is 9.47 Å². The maximum absolute atomic E-state index is 16.0. The molecule has 0 aliphatic rings. The predicted molar refractivity (Wildman–Crippen MR) is 200 cm³/mol. The molecule has 0 radical (unpaired) electrons. The van der Waals surface area contributed by atoms with Gasteiger partial charge < -0.3 is 9.47 Å². The van der Waals surface area contributed by atoms with Gasteiger partial charge in [-0.15, -0.1) is 0 Å². The van der Waals surface area contributed by atoms with E-state index in [1.54, 1.807) is 117 Å². The Morgan fingerprint density at radius 2 is 0.980 bits per heavy atom. The Hall–Kier alpha value is -4.84. The number of benzene rings is 5. The van der Waals surface area contributed by atoms with Crippen LogP contribution in [0.4, 0.5) is 13.2 Å². The SMILES string of the molecule is Cc1cc(C(c2ccccc2)(c2cc(C)c(C(C)(C)C)c(C)c2)C(F)(F)F)cc(C)c1Oc1ccc(C(=O)c2ccc(OC(C)(C)C)cc2)cc1. The Bertz CT molecular complexity index is 1980. The Kier molecular flexibility index (Phi) is 10.1. The van der Waals surface area contributed by atoms with Crippen molar-refractivity contribution >= 4 is 5.78 Å². The third-order valence-corrected chi connectivity index (χ3v) is 9.12. The molecular formula is C45H47F3O3. The summed E-state index contributed by atoms with van der Waals surface area (Å²) in [6.45, 7) is 19.4. The molecular weight excluding hydrogens is 645 g/mol. The molecule has 0 saturated heterocycles. The molecule has 0 aliphatic carbocycles. The van der Waals surface area contributed by atoms with Crippen molar-refractivity contribution in [3.05, 3.63) is 159 Å². The molecule has 0 heterocycles. The molecule has 3 nitrogen and oxygen atoms in total. The van der Waals surface area contributed by atoms with Gasteiger partial charge in [0, 0.05) is 11.1 Å². The second-order valence-corrected chi connectivity index (χ2v) is 15.5. The topological polar surface area (TPSA) is 35.5 Å². The fraction of sp³-hybridized carbons (Fsp3) is 0.311. The van der Waals surface area contributed by atoms with Crippen molar-refractivity contribution in [1.82, 2.24) is 0 Å². The molecule has 51 heavy (non-hydrogen) atoms. The maximum atomic E-state index is 16.0. The minimum Gasteiger partial charge on any atom is -0.488 e. The van der Waals surface area contributed by atoms with Crippen LogP contribution >= 0.6 is 0 Å². The summed E-state index contributed by atoms with van der Waals surface area (Å²) in [5.74, 6) is 1.46. The molecule has 5 aromatic carbocycles. The average molecular weight is 693 g/mol. The van der Waals surface area contributed by atoms with Crippen LogP contribution in [-0.4, -0.2) is 17.6 Å². The van der Waals surface area contributed by atoms with Crippen molar-refractivity contribution in [2.24, 2.45) is 0 Å². The van der Waals surface area contributed by atoms with Crippen molar-refractivity contribution in [2.75, 3.05) is 0 Å². The number of aryl methyl sites for hydroxylation is 4. The summed E-state index contributed by atoms with van der Waals surface area (Å²) in [5.41, 5.74) is 2.24. The summed E-state index contributed by atoms with van der Waals surface area (Å²) in [6, 6.07) is 28.6. The first kappa shape index (κ1) is 37.4. The Labute approximate surface area is 300 Å². The number of hydrogen-bond acceptors (Lipinski definition) is 3. The van der Waals surface area contributed by atoms with E-state index in [0.29, 0.717) is 39.5 Å². The van der Waals surface area contributed by atoms with Gasteiger partial charge in [0.15, 0.2) is 5.78 Å². The van der Waals surface area contributed by atoms with Gasteiger partial charge >= 0.3 is 6.18 Å². The lowest BCUT2D eigenvalue weighted by atomic mass is 9.66. The molecule has 0 amide bonds. The minimum atomic E-state index is -4.68. The van der Waals surface area contributed by atoms with Crippen LogP contribution in [0.2, 0.25) is 0 Å². The monoisotopic (exact) mass is 692 g/mol. The van der Waals surface area contributed by atoms with Crippen molar-refractivity contribution in [1.29, 1.82) is 0 Å². The summed E-state index contributed by atoms with van der Waals surface area (Å²) in [4.78, 5) is 13.2. The maximum Gasteiger partial charge on any atom is 0.406 e. The normalized spacial score (nSPS) is 13.4. The molecule has 5 aromatic rings. The second-order valence-electron chi connectivity index (χ2n) is 15.5. The summed E-state index contributed by atoms with van der Waals surface area (Å²) < 4.78 is 60.1. The lowest BCUT2D eigenvalue weighted by Crippen LogP contribution is -2.45. The van der Waals surface area contributed by atoms with E-state index < -0.39 is 11.6 Å². The first-order valence-corrected chi connectivity index (χ1v) is 17.2. The summed E-state index contributed by atoms with van der Waals surface area (Å²) in [6.07, 6.45) is -4.68. The van der Waals surface area contributed by atoms with Gasteiger partial charge in [0.2, 0.25) is 0 Å². The largest absolute Gasteiger partial charge is 0.488 e. The van der Waals surface area contributed by atoms with E-state index in [1.165, 1.54) is 0 Å². The summed E-state index contributed by atoms with van der Waals surface area (Å²) >= 11 is 0. The van der Waals surface area contributed by atoms with Crippen LogP contribution < -0.4 is 9.47 Å². The van der Waals surface area contributed by atoms with Crippen LogP contribution in [0.3, 0.4) is 0 Å². The zero-order chi connectivity index (χ0) is 37.5. The van der Waals surface area contributed by atoms with E-state index in [9.17, 15) is 4.79 Å². The number of ether oxygens (including phenoxy) is 2. The third-order valence-electron chi connectivity index (χ3n) is 9.12. The molecule has 0 aromatic heterocycles. The molecule has 0 bridgehead atoms. The quantitative estimate of drug-likeness (QED) is 0.120. The van der Waals surface area contributed by atoms with Crippen molar-refractivity contribution in [2.45, 2.75) is 91.8 Å². The molecule has 6 heteroatoms. The molecule has 0 saturated carbocycles. The molecule has 5 rings (SSSR count). The zero-order valence-corrected chi connectivity index (χ0v) is 31.2. The third kappa shape index (κ3) is 7.61. The highest BCUT2D eigenvalue weighted by atomic mass is 19.4. The van der Waals surface area contributed by atoms with Gasteiger partial charge in [-0.3, -0.25) is 4.79 Å². The predicted octanol–water partition coefficient (Wildman–Crippen LogP) is 12.3. The molecule has 1 atom stereocenters. The number of rotatable bonds is 8. The van der Waals surface area contributed by atoms with Gasteiger partial charge in [0.05, 0.1) is 0 Å². The lowest BCUT2D eigenvalue weighted by molar-refractivity contribution is -0.166. The number of hydrogen-bond donors (Lipinski definition) is 0. The van der Waals surface area contributed by atoms with Crippen LogP contribution in [-0.2, 0) is 10.8 Å². The first-order chi connectivity index (χ1) is 23.7. The number of carbonyl (C=O) groups is 1. The highest BCUT2D eigenvalue weighted by Crippen LogP contribution is 2.53. The van der Waals surface area contributed by atoms with Gasteiger partial charge in [-0.05, 0) is 147 Å². The van der Waals surface area contributed by atoms with Gasteiger partial charge in [-0.2, -0.15) is 13.2 Å². The highest BCUT2D eigenvalue weighted by molar-refractivity contribution is 6.09. The minimum absolute atomic E-state index is 0.116. The Morgan fingerprint density at radius 1 is 0.549 bits per heavy atom. The van der Waals surface area contributed by atoms with E-state index in [-0.39, 0.29) is 33.5 Å². The fourth-order valence-electron chi connectivity index (χ4n) is 7.36. The van der Waals surface area contributed by atoms with Gasteiger partial charge in [-0.1, -0.05) is 75.4 Å². The van der Waals surface area contributed by atoms with Gasteiger partial charge in [-0.25, -0.2) is 0 Å². The van der Waals surface area contributed by atoms with Gasteiger partial charge in [0.25, 0.3) is 0 Å². The Balaban J connectivity index is 1.53. The standard InChI is InChI=1S/C45H47F3O3/c1-28-24-35(25-29(2)39(28)42(5,6)7)44(45(46,47)48,34-14-12-11-13-15-34)36-26-30(3)41(31(4)27-36)50-37-20-16-32(17-21-37)40(49)33-18-22-38(23-19-33)51-43(8,9)10/h11-27H,1-10H3.